The van der Waals surface area contributed by atoms with Crippen LogP contribution in [0.25, 0.3) is 6.08 Å². The van der Waals surface area contributed by atoms with Crippen molar-refractivity contribution in [1.29, 1.82) is 0 Å². The van der Waals surface area contributed by atoms with Crippen molar-refractivity contribution >= 4 is 52.0 Å². The summed E-state index contributed by atoms with van der Waals surface area (Å²) in [5.74, 6) is 0.445. The number of thioether (sulfide) groups is 2. The molecule has 1 aliphatic heterocycles. The second kappa shape index (κ2) is 6.78. The van der Waals surface area contributed by atoms with E-state index in [0.29, 0.717) is 21.7 Å². The molecule has 2 nitrogen and oxygen atoms in total. The molecule has 1 aromatic carbocycles. The monoisotopic (exact) mass is 323 g/mol. The largest absolute Gasteiger partial charge is 0.293 e. The lowest BCUT2D eigenvalue weighted by Crippen LogP contribution is -2.31. The smallest absolute Gasteiger partial charge is 0.266 e. The van der Waals surface area contributed by atoms with Gasteiger partial charge in [0.1, 0.15) is 4.32 Å². The average Bonchev–Trinajstić information content (AvgIpc) is 2.67. The van der Waals surface area contributed by atoms with E-state index in [4.69, 9.17) is 12.2 Å². The van der Waals surface area contributed by atoms with Crippen molar-refractivity contribution in [1.82, 2.24) is 4.90 Å². The Morgan fingerprint density at radius 2 is 2.00 bits per heavy atom. The van der Waals surface area contributed by atoms with Gasteiger partial charge in [-0.15, -0.1) is 11.8 Å². The van der Waals surface area contributed by atoms with Gasteiger partial charge in [0.25, 0.3) is 5.91 Å². The molecule has 0 aliphatic carbocycles. The van der Waals surface area contributed by atoms with Gasteiger partial charge in [-0.3, -0.25) is 9.69 Å². The van der Waals surface area contributed by atoms with Gasteiger partial charge in [0.2, 0.25) is 0 Å². The molecule has 1 saturated heterocycles. The Kier molecular flexibility index (Phi) is 5.29. The molecule has 0 spiro atoms. The van der Waals surface area contributed by atoms with Crippen molar-refractivity contribution in [3.8, 4) is 0 Å². The van der Waals surface area contributed by atoms with Crippen LogP contribution in [-0.2, 0) is 4.79 Å². The maximum atomic E-state index is 12.3. The summed E-state index contributed by atoms with van der Waals surface area (Å²) < 4.78 is 0.663. The van der Waals surface area contributed by atoms with Crippen LogP contribution in [0.1, 0.15) is 19.4 Å². The Morgan fingerprint density at radius 1 is 1.35 bits per heavy atom. The fourth-order valence-electron chi connectivity index (χ4n) is 1.87. The normalized spacial score (nSPS) is 17.6. The second-order valence-corrected chi connectivity index (χ2v) is 7.51. The maximum Gasteiger partial charge on any atom is 0.266 e. The number of thiocarbonyl (C=S) groups is 1. The summed E-state index contributed by atoms with van der Waals surface area (Å²) in [5, 5.41) is 0. The van der Waals surface area contributed by atoms with Crippen LogP contribution in [0.2, 0.25) is 0 Å². The number of amides is 1. The fraction of sp³-hybridized carbons (Fsp3) is 0.333. The Balaban J connectivity index is 2.18. The number of benzene rings is 1. The van der Waals surface area contributed by atoms with Crippen LogP contribution >= 0.6 is 35.7 Å². The number of hydrogen-bond donors (Lipinski definition) is 0. The van der Waals surface area contributed by atoms with Gasteiger partial charge in [-0.05, 0) is 35.9 Å². The van der Waals surface area contributed by atoms with Crippen molar-refractivity contribution in [2.75, 3.05) is 12.8 Å². The number of rotatable bonds is 4. The second-order valence-electron chi connectivity index (χ2n) is 4.96. The van der Waals surface area contributed by atoms with Crippen LogP contribution in [-0.4, -0.2) is 27.9 Å². The van der Waals surface area contributed by atoms with Crippen LogP contribution in [0, 0.1) is 5.92 Å². The number of nitrogens with zero attached hydrogens (tertiary/aromatic N) is 1. The van der Waals surface area contributed by atoms with Crippen molar-refractivity contribution in [2.45, 2.75) is 18.7 Å². The van der Waals surface area contributed by atoms with Crippen LogP contribution in [0.4, 0.5) is 0 Å². The molecule has 1 heterocycles. The number of hydrogen-bond acceptors (Lipinski definition) is 4. The van der Waals surface area contributed by atoms with Crippen LogP contribution in [0.3, 0.4) is 0 Å². The van der Waals surface area contributed by atoms with Gasteiger partial charge in [-0.2, -0.15) is 0 Å². The Hall–Kier alpha value is -0.780. The number of carbonyl (C=O) groups excluding carboxylic acids is 1. The molecular formula is C15H17NOS3. The van der Waals surface area contributed by atoms with Gasteiger partial charge >= 0.3 is 0 Å². The lowest BCUT2D eigenvalue weighted by Gasteiger charge is -2.16. The standard InChI is InChI=1S/C15H17NOS3/c1-10(2)9-16-14(17)13(20-15(16)18)8-11-4-6-12(19-3)7-5-11/h4-8,10H,9H2,1-3H3. The van der Waals surface area contributed by atoms with Crippen molar-refractivity contribution in [2.24, 2.45) is 5.92 Å². The number of carbonyl (C=O) groups is 1. The molecule has 2 rings (SSSR count). The molecule has 0 saturated carbocycles. The third-order valence-electron chi connectivity index (χ3n) is 2.83. The minimum Gasteiger partial charge on any atom is -0.293 e. The molecule has 106 valence electrons. The zero-order chi connectivity index (χ0) is 14.7. The molecule has 1 aromatic rings. The molecule has 5 heteroatoms. The van der Waals surface area contributed by atoms with Crippen molar-refractivity contribution < 1.29 is 4.79 Å². The highest BCUT2D eigenvalue weighted by Gasteiger charge is 2.32. The topological polar surface area (TPSA) is 20.3 Å². The summed E-state index contributed by atoms with van der Waals surface area (Å²) in [4.78, 5) is 16.0. The van der Waals surface area contributed by atoms with Crippen LogP contribution in [0.15, 0.2) is 34.1 Å². The molecule has 1 amide bonds. The highest BCUT2D eigenvalue weighted by atomic mass is 32.2. The minimum absolute atomic E-state index is 0.0302. The molecule has 20 heavy (non-hydrogen) atoms. The first-order chi connectivity index (χ1) is 9.51. The summed E-state index contributed by atoms with van der Waals surface area (Å²) in [6, 6.07) is 8.18. The van der Waals surface area contributed by atoms with E-state index in [2.05, 4.69) is 26.0 Å². The van der Waals surface area contributed by atoms with E-state index in [0.717, 1.165) is 5.56 Å². The summed E-state index contributed by atoms with van der Waals surface area (Å²) >= 11 is 8.39. The van der Waals surface area contributed by atoms with Gasteiger partial charge in [0.05, 0.1) is 4.91 Å². The van der Waals surface area contributed by atoms with E-state index in [9.17, 15) is 4.79 Å². The molecule has 1 fully saturated rings. The zero-order valence-electron chi connectivity index (χ0n) is 11.8. The molecule has 1 aliphatic rings. The molecule has 0 N–H and O–H groups in total. The van der Waals surface area contributed by atoms with E-state index in [-0.39, 0.29) is 5.91 Å². The molecule has 0 bridgehead atoms. The van der Waals surface area contributed by atoms with E-state index in [1.165, 1.54) is 16.7 Å². The average molecular weight is 324 g/mol. The van der Waals surface area contributed by atoms with Crippen LogP contribution in [0.5, 0.6) is 0 Å². The molecular weight excluding hydrogens is 306 g/mol. The predicted molar refractivity (Wildman–Crippen MR) is 92.9 cm³/mol. The van der Waals surface area contributed by atoms with Gasteiger partial charge < -0.3 is 0 Å². The quantitative estimate of drug-likeness (QED) is 0.468. The summed E-state index contributed by atoms with van der Waals surface area (Å²) in [7, 11) is 0. The Labute approximate surface area is 134 Å². The molecule has 0 atom stereocenters. The Morgan fingerprint density at radius 3 is 2.55 bits per heavy atom. The summed E-state index contributed by atoms with van der Waals surface area (Å²) in [6.45, 7) is 4.86. The summed E-state index contributed by atoms with van der Waals surface area (Å²) in [6.07, 6.45) is 3.97. The fourth-order valence-corrected chi connectivity index (χ4v) is 3.56. The van der Waals surface area contributed by atoms with Gasteiger partial charge in [-0.1, -0.05) is 50.0 Å². The highest BCUT2D eigenvalue weighted by molar-refractivity contribution is 8.26. The van der Waals surface area contributed by atoms with Gasteiger partial charge in [-0.25, -0.2) is 0 Å². The Bertz CT molecular complexity index is 549. The van der Waals surface area contributed by atoms with Crippen molar-refractivity contribution in [3.63, 3.8) is 0 Å². The molecule has 0 radical (unpaired) electrons. The van der Waals surface area contributed by atoms with Gasteiger partial charge in [0.15, 0.2) is 0 Å². The molecule has 0 unspecified atom stereocenters. The van der Waals surface area contributed by atoms with E-state index < -0.39 is 0 Å². The first-order valence-corrected chi connectivity index (χ1v) is 8.85. The first kappa shape index (κ1) is 15.6. The minimum atomic E-state index is 0.0302. The third-order valence-corrected chi connectivity index (χ3v) is 4.96. The van der Waals surface area contributed by atoms with Gasteiger partial charge in [0, 0.05) is 11.4 Å². The lowest BCUT2D eigenvalue weighted by atomic mass is 10.2. The van der Waals surface area contributed by atoms with Crippen molar-refractivity contribution in [3.05, 3.63) is 34.7 Å². The molecule has 0 aromatic heterocycles. The first-order valence-electron chi connectivity index (χ1n) is 6.40. The van der Waals surface area contributed by atoms with Crippen LogP contribution < -0.4 is 0 Å². The SMILES string of the molecule is CSc1ccc(C=C2SC(=S)N(CC(C)C)C2=O)cc1. The van der Waals surface area contributed by atoms with E-state index in [1.54, 1.807) is 16.7 Å². The van der Waals surface area contributed by atoms with E-state index in [1.807, 2.05) is 24.5 Å². The maximum absolute atomic E-state index is 12.3. The predicted octanol–water partition coefficient (Wildman–Crippen LogP) is 4.27. The summed E-state index contributed by atoms with van der Waals surface area (Å²) in [5.41, 5.74) is 1.04. The van der Waals surface area contributed by atoms with E-state index >= 15 is 0 Å². The third kappa shape index (κ3) is 3.65. The lowest BCUT2D eigenvalue weighted by molar-refractivity contribution is -0.122. The highest BCUT2D eigenvalue weighted by Crippen LogP contribution is 2.33. The zero-order valence-corrected chi connectivity index (χ0v) is 14.2.